The van der Waals surface area contributed by atoms with Crippen LogP contribution in [0.1, 0.15) is 18.5 Å². The number of hydrogen-bond donors (Lipinski definition) is 0. The molecule has 1 atom stereocenters. The minimum absolute atomic E-state index is 0.0818. The summed E-state index contributed by atoms with van der Waals surface area (Å²) in [6.45, 7) is 1.56. The highest BCUT2D eigenvalue weighted by Gasteiger charge is 2.19. The number of benzene rings is 1. The molecule has 1 unspecified atom stereocenters. The number of carbonyl (C=O) groups is 1. The Morgan fingerprint density at radius 3 is 2.27 bits per heavy atom. The van der Waals surface area contributed by atoms with Gasteiger partial charge in [0.15, 0.2) is 5.78 Å². The number of halogens is 2. The smallest absolute Gasteiger partial charge is 0.151 e. The largest absolute Gasteiger partial charge is 0.298 e. The standard InChI is InChI=1S/C11H13Cl2NO/c1-7(15)11(14(2)3)8-4-5-9(12)10(13)6-8/h4-6,11H,1-3H3. The zero-order valence-electron chi connectivity index (χ0n) is 8.92. The van der Waals surface area contributed by atoms with Gasteiger partial charge in [0.1, 0.15) is 0 Å². The summed E-state index contributed by atoms with van der Waals surface area (Å²) in [7, 11) is 3.71. The molecule has 0 bridgehead atoms. The lowest BCUT2D eigenvalue weighted by Gasteiger charge is -2.22. The molecule has 0 aliphatic heterocycles. The molecule has 2 nitrogen and oxygen atoms in total. The Balaban J connectivity index is 3.12. The predicted molar refractivity (Wildman–Crippen MR) is 63.6 cm³/mol. The van der Waals surface area contributed by atoms with E-state index in [1.54, 1.807) is 19.1 Å². The topological polar surface area (TPSA) is 20.3 Å². The van der Waals surface area contributed by atoms with E-state index in [9.17, 15) is 4.79 Å². The fourth-order valence-electron chi connectivity index (χ4n) is 1.58. The van der Waals surface area contributed by atoms with Crippen LogP contribution < -0.4 is 0 Å². The summed E-state index contributed by atoms with van der Waals surface area (Å²) in [6, 6.07) is 4.99. The Kier molecular flexibility index (Phi) is 4.14. The number of rotatable bonds is 3. The molecule has 0 amide bonds. The predicted octanol–water partition coefficient (Wildman–Crippen LogP) is 3.19. The monoisotopic (exact) mass is 245 g/mol. The molecule has 0 N–H and O–H groups in total. The Labute approximate surface area is 99.8 Å². The van der Waals surface area contributed by atoms with Crippen molar-refractivity contribution in [1.29, 1.82) is 0 Å². The Morgan fingerprint density at radius 1 is 1.27 bits per heavy atom. The van der Waals surface area contributed by atoms with Gasteiger partial charge in [-0.25, -0.2) is 0 Å². The average Bonchev–Trinajstić information content (AvgIpc) is 2.10. The molecule has 1 aromatic carbocycles. The molecule has 0 saturated heterocycles. The summed E-state index contributed by atoms with van der Waals surface area (Å²) in [4.78, 5) is 13.3. The first kappa shape index (κ1) is 12.5. The lowest BCUT2D eigenvalue weighted by atomic mass is 10.0. The van der Waals surface area contributed by atoms with Crippen LogP contribution in [-0.4, -0.2) is 24.8 Å². The van der Waals surface area contributed by atoms with Crippen LogP contribution in [0.4, 0.5) is 0 Å². The van der Waals surface area contributed by atoms with E-state index in [1.807, 2.05) is 25.1 Å². The summed E-state index contributed by atoms with van der Waals surface area (Å²) in [5, 5.41) is 0.976. The number of likely N-dealkylation sites (N-methyl/N-ethyl adjacent to an activating group) is 1. The van der Waals surface area contributed by atoms with Crippen LogP contribution in [0, 0.1) is 0 Å². The molecule has 1 aromatic rings. The van der Waals surface area contributed by atoms with Crippen molar-refractivity contribution in [1.82, 2.24) is 4.90 Å². The van der Waals surface area contributed by atoms with Gasteiger partial charge < -0.3 is 0 Å². The molecule has 4 heteroatoms. The fraction of sp³-hybridized carbons (Fsp3) is 0.364. The molecular weight excluding hydrogens is 233 g/mol. The summed E-state index contributed by atoms with van der Waals surface area (Å²) in [5.74, 6) is 0.0818. The van der Waals surface area contributed by atoms with Gasteiger partial charge >= 0.3 is 0 Å². The van der Waals surface area contributed by atoms with E-state index in [4.69, 9.17) is 23.2 Å². The van der Waals surface area contributed by atoms with Gasteiger partial charge in [-0.05, 0) is 38.7 Å². The van der Waals surface area contributed by atoms with Gasteiger partial charge in [0, 0.05) is 0 Å². The van der Waals surface area contributed by atoms with Crippen LogP contribution in [0.15, 0.2) is 18.2 Å². The van der Waals surface area contributed by atoms with Gasteiger partial charge in [-0.2, -0.15) is 0 Å². The molecule has 0 radical (unpaired) electrons. The van der Waals surface area contributed by atoms with Crippen molar-refractivity contribution < 1.29 is 4.79 Å². The zero-order chi connectivity index (χ0) is 11.6. The molecule has 0 aromatic heterocycles. The third-order valence-corrected chi connectivity index (χ3v) is 2.90. The minimum Gasteiger partial charge on any atom is -0.298 e. The Bertz CT molecular complexity index is 377. The molecule has 1 rings (SSSR count). The second-order valence-corrected chi connectivity index (χ2v) is 4.46. The molecule has 0 aliphatic rings. The van der Waals surface area contributed by atoms with Gasteiger partial charge in [-0.3, -0.25) is 9.69 Å². The Hall–Kier alpha value is -0.570. The number of nitrogens with zero attached hydrogens (tertiary/aromatic N) is 1. The second kappa shape index (κ2) is 4.97. The SMILES string of the molecule is CC(=O)C(c1ccc(Cl)c(Cl)c1)N(C)C. The molecule has 0 spiro atoms. The van der Waals surface area contributed by atoms with E-state index >= 15 is 0 Å². The van der Waals surface area contributed by atoms with Gasteiger partial charge in [0.25, 0.3) is 0 Å². The van der Waals surface area contributed by atoms with E-state index in [2.05, 4.69) is 0 Å². The minimum atomic E-state index is -0.264. The number of hydrogen-bond acceptors (Lipinski definition) is 2. The van der Waals surface area contributed by atoms with Crippen molar-refractivity contribution in [2.75, 3.05) is 14.1 Å². The van der Waals surface area contributed by atoms with Crippen LogP contribution >= 0.6 is 23.2 Å². The molecular formula is C11H13Cl2NO. The number of ketones is 1. The quantitative estimate of drug-likeness (QED) is 0.816. The van der Waals surface area contributed by atoms with Gasteiger partial charge in [-0.1, -0.05) is 29.3 Å². The van der Waals surface area contributed by atoms with Crippen LogP contribution in [-0.2, 0) is 4.79 Å². The summed E-state index contributed by atoms with van der Waals surface area (Å²) in [6.07, 6.45) is 0. The van der Waals surface area contributed by atoms with E-state index in [0.29, 0.717) is 10.0 Å². The van der Waals surface area contributed by atoms with Crippen molar-refractivity contribution in [3.63, 3.8) is 0 Å². The first-order valence-electron chi connectivity index (χ1n) is 4.55. The maximum Gasteiger partial charge on any atom is 0.151 e. The van der Waals surface area contributed by atoms with Crippen molar-refractivity contribution in [3.8, 4) is 0 Å². The van der Waals surface area contributed by atoms with Crippen molar-refractivity contribution in [3.05, 3.63) is 33.8 Å². The van der Waals surface area contributed by atoms with Crippen LogP contribution in [0.3, 0.4) is 0 Å². The van der Waals surface area contributed by atoms with Crippen LogP contribution in [0.5, 0.6) is 0 Å². The molecule has 0 fully saturated rings. The van der Waals surface area contributed by atoms with Gasteiger partial charge in [-0.15, -0.1) is 0 Å². The normalized spacial score (nSPS) is 12.9. The van der Waals surface area contributed by atoms with E-state index in [1.165, 1.54) is 0 Å². The van der Waals surface area contributed by atoms with E-state index in [-0.39, 0.29) is 11.8 Å². The third kappa shape index (κ3) is 2.94. The highest BCUT2D eigenvalue weighted by molar-refractivity contribution is 6.42. The van der Waals surface area contributed by atoms with Crippen molar-refractivity contribution >= 4 is 29.0 Å². The molecule has 0 aliphatic carbocycles. The first-order chi connectivity index (χ1) is 6.93. The maximum atomic E-state index is 11.5. The van der Waals surface area contributed by atoms with E-state index < -0.39 is 0 Å². The lowest BCUT2D eigenvalue weighted by Crippen LogP contribution is -2.25. The molecule has 82 valence electrons. The van der Waals surface area contributed by atoms with Crippen LogP contribution in [0.25, 0.3) is 0 Å². The third-order valence-electron chi connectivity index (χ3n) is 2.16. The van der Waals surface area contributed by atoms with Crippen molar-refractivity contribution in [2.24, 2.45) is 0 Å². The van der Waals surface area contributed by atoms with Crippen molar-refractivity contribution in [2.45, 2.75) is 13.0 Å². The highest BCUT2D eigenvalue weighted by Crippen LogP contribution is 2.27. The van der Waals surface area contributed by atoms with E-state index in [0.717, 1.165) is 5.56 Å². The van der Waals surface area contributed by atoms with Gasteiger partial charge in [0.2, 0.25) is 0 Å². The lowest BCUT2D eigenvalue weighted by molar-refractivity contribution is -0.121. The molecule has 0 saturated carbocycles. The summed E-state index contributed by atoms with van der Waals surface area (Å²) in [5.41, 5.74) is 0.863. The molecule has 0 heterocycles. The maximum absolute atomic E-state index is 11.5. The Morgan fingerprint density at radius 2 is 1.87 bits per heavy atom. The van der Waals surface area contributed by atoms with Crippen LogP contribution in [0.2, 0.25) is 10.0 Å². The number of Topliss-reactive ketones (excluding diaryl/α,β-unsaturated/α-hetero) is 1. The summed E-state index contributed by atoms with van der Waals surface area (Å²) < 4.78 is 0. The fourth-order valence-corrected chi connectivity index (χ4v) is 1.89. The first-order valence-corrected chi connectivity index (χ1v) is 5.31. The zero-order valence-corrected chi connectivity index (χ0v) is 10.4. The van der Waals surface area contributed by atoms with Gasteiger partial charge in [0.05, 0.1) is 16.1 Å². The summed E-state index contributed by atoms with van der Waals surface area (Å²) >= 11 is 11.7. The molecule has 15 heavy (non-hydrogen) atoms. The second-order valence-electron chi connectivity index (χ2n) is 3.65. The average molecular weight is 246 g/mol. The number of carbonyl (C=O) groups excluding carboxylic acids is 1. The highest BCUT2D eigenvalue weighted by atomic mass is 35.5.